The number of ether oxygens (including phenoxy) is 1. The summed E-state index contributed by atoms with van der Waals surface area (Å²) in [5, 5.41) is 7.72. The van der Waals surface area contributed by atoms with E-state index in [1.165, 1.54) is 0 Å². The Morgan fingerprint density at radius 3 is 2.31 bits per heavy atom. The summed E-state index contributed by atoms with van der Waals surface area (Å²) in [5.74, 6) is 0.0782. The standard InChI is InChI=1S/C24H26N2O3/c1-16(29-21-15-9-11-17-10-5-6-12-18(17)21)22(27)25-20-14-8-7-13-19(20)23(28)26-24(2,3)4/h5-16H,1-4H3,(H,25,27)(H,26,28)/t16-/m1/s1. The Bertz CT molecular complexity index is 1030. The topological polar surface area (TPSA) is 67.4 Å². The summed E-state index contributed by atoms with van der Waals surface area (Å²) >= 11 is 0. The van der Waals surface area contributed by atoms with Crippen molar-refractivity contribution in [3.8, 4) is 5.75 Å². The minimum absolute atomic E-state index is 0.240. The van der Waals surface area contributed by atoms with E-state index < -0.39 is 6.10 Å². The molecule has 3 aromatic carbocycles. The van der Waals surface area contributed by atoms with Gasteiger partial charge in [0.05, 0.1) is 11.3 Å². The van der Waals surface area contributed by atoms with E-state index in [1.54, 1.807) is 31.2 Å². The number of hydrogen-bond acceptors (Lipinski definition) is 3. The van der Waals surface area contributed by atoms with Gasteiger partial charge in [0.25, 0.3) is 11.8 Å². The predicted molar refractivity (Wildman–Crippen MR) is 116 cm³/mol. The number of amides is 2. The molecule has 2 N–H and O–H groups in total. The summed E-state index contributed by atoms with van der Waals surface area (Å²) in [6, 6.07) is 20.5. The molecule has 150 valence electrons. The average molecular weight is 390 g/mol. The van der Waals surface area contributed by atoms with E-state index in [4.69, 9.17) is 4.74 Å². The quantitative estimate of drug-likeness (QED) is 0.659. The van der Waals surface area contributed by atoms with Crippen LogP contribution in [0.3, 0.4) is 0 Å². The van der Waals surface area contributed by atoms with Crippen molar-refractivity contribution in [2.24, 2.45) is 0 Å². The Hall–Kier alpha value is -3.34. The van der Waals surface area contributed by atoms with Crippen molar-refractivity contribution in [3.05, 3.63) is 72.3 Å². The maximum Gasteiger partial charge on any atom is 0.265 e. The van der Waals surface area contributed by atoms with Crippen LogP contribution in [0.2, 0.25) is 0 Å². The van der Waals surface area contributed by atoms with Crippen LogP contribution in [0, 0.1) is 0 Å². The van der Waals surface area contributed by atoms with Crippen molar-refractivity contribution >= 4 is 28.3 Å². The molecule has 3 aromatic rings. The second-order valence-corrected chi connectivity index (χ2v) is 7.98. The van der Waals surface area contributed by atoms with Crippen molar-refractivity contribution in [2.75, 3.05) is 5.32 Å². The summed E-state index contributed by atoms with van der Waals surface area (Å²) in [4.78, 5) is 25.3. The highest BCUT2D eigenvalue weighted by Crippen LogP contribution is 2.26. The third-order valence-corrected chi connectivity index (χ3v) is 4.34. The van der Waals surface area contributed by atoms with Crippen molar-refractivity contribution in [3.63, 3.8) is 0 Å². The Morgan fingerprint density at radius 2 is 1.55 bits per heavy atom. The highest BCUT2D eigenvalue weighted by Gasteiger charge is 2.21. The van der Waals surface area contributed by atoms with Crippen LogP contribution >= 0.6 is 0 Å². The monoisotopic (exact) mass is 390 g/mol. The minimum atomic E-state index is -0.737. The summed E-state index contributed by atoms with van der Waals surface area (Å²) in [6.45, 7) is 7.42. The van der Waals surface area contributed by atoms with Gasteiger partial charge in [-0.05, 0) is 51.3 Å². The van der Waals surface area contributed by atoms with Gasteiger partial charge in [0.15, 0.2) is 6.10 Å². The van der Waals surface area contributed by atoms with Crippen LogP contribution < -0.4 is 15.4 Å². The molecule has 0 spiro atoms. The van der Waals surface area contributed by atoms with Crippen molar-refractivity contribution in [1.82, 2.24) is 5.32 Å². The van der Waals surface area contributed by atoms with E-state index in [2.05, 4.69) is 10.6 Å². The maximum atomic E-state index is 12.7. The Kier molecular flexibility index (Phi) is 5.87. The first-order valence-corrected chi connectivity index (χ1v) is 9.61. The molecule has 0 aliphatic rings. The molecule has 0 saturated heterocycles. The van der Waals surface area contributed by atoms with Crippen molar-refractivity contribution in [2.45, 2.75) is 39.3 Å². The highest BCUT2D eigenvalue weighted by atomic mass is 16.5. The SMILES string of the molecule is C[C@@H](Oc1cccc2ccccc12)C(=O)Nc1ccccc1C(=O)NC(C)(C)C. The summed E-state index contributed by atoms with van der Waals surface area (Å²) in [5.41, 5.74) is 0.486. The molecule has 5 nitrogen and oxygen atoms in total. The van der Waals surface area contributed by atoms with Crippen molar-refractivity contribution in [1.29, 1.82) is 0 Å². The lowest BCUT2D eigenvalue weighted by Crippen LogP contribution is -2.41. The number of carbonyl (C=O) groups excluding carboxylic acids is 2. The van der Waals surface area contributed by atoms with Gasteiger partial charge in [-0.1, -0.05) is 48.5 Å². The van der Waals surface area contributed by atoms with Crippen LogP contribution in [0.4, 0.5) is 5.69 Å². The molecule has 0 aliphatic carbocycles. The van der Waals surface area contributed by atoms with E-state index in [1.807, 2.05) is 63.2 Å². The van der Waals surface area contributed by atoms with Crippen molar-refractivity contribution < 1.29 is 14.3 Å². The molecule has 0 fully saturated rings. The normalized spacial score (nSPS) is 12.3. The smallest absolute Gasteiger partial charge is 0.265 e. The van der Waals surface area contributed by atoms with Gasteiger partial charge in [0.1, 0.15) is 5.75 Å². The molecule has 0 aromatic heterocycles. The number of hydrogen-bond donors (Lipinski definition) is 2. The van der Waals surface area contributed by atoms with Crippen LogP contribution in [-0.4, -0.2) is 23.5 Å². The molecule has 3 rings (SSSR count). The van der Waals surface area contributed by atoms with Crippen LogP contribution in [0.1, 0.15) is 38.1 Å². The molecule has 2 amide bonds. The number of nitrogens with one attached hydrogen (secondary N) is 2. The number of fused-ring (bicyclic) bond motifs is 1. The predicted octanol–water partition coefficient (Wildman–Crippen LogP) is 4.77. The molecule has 0 bridgehead atoms. The van der Waals surface area contributed by atoms with Gasteiger partial charge >= 0.3 is 0 Å². The van der Waals surface area contributed by atoms with Crippen LogP contribution in [0.5, 0.6) is 5.75 Å². The molecular formula is C24H26N2O3. The fourth-order valence-electron chi connectivity index (χ4n) is 2.97. The molecule has 29 heavy (non-hydrogen) atoms. The number of para-hydroxylation sites is 1. The summed E-state index contributed by atoms with van der Waals surface area (Å²) in [7, 11) is 0. The zero-order valence-corrected chi connectivity index (χ0v) is 17.2. The van der Waals surface area contributed by atoms with Crippen LogP contribution in [0.15, 0.2) is 66.7 Å². The molecule has 0 aliphatic heterocycles. The van der Waals surface area contributed by atoms with Crippen LogP contribution in [0.25, 0.3) is 10.8 Å². The number of anilines is 1. The van der Waals surface area contributed by atoms with E-state index in [-0.39, 0.29) is 17.4 Å². The first-order chi connectivity index (χ1) is 13.7. The number of benzene rings is 3. The highest BCUT2D eigenvalue weighted by molar-refractivity contribution is 6.05. The second-order valence-electron chi connectivity index (χ2n) is 7.98. The zero-order chi connectivity index (χ0) is 21.0. The third-order valence-electron chi connectivity index (χ3n) is 4.34. The lowest BCUT2D eigenvalue weighted by atomic mass is 10.1. The molecule has 0 saturated carbocycles. The Morgan fingerprint density at radius 1 is 0.897 bits per heavy atom. The van der Waals surface area contributed by atoms with Gasteiger partial charge in [-0.25, -0.2) is 0 Å². The molecular weight excluding hydrogens is 364 g/mol. The summed E-state index contributed by atoms with van der Waals surface area (Å²) < 4.78 is 5.93. The minimum Gasteiger partial charge on any atom is -0.480 e. The Balaban J connectivity index is 1.76. The van der Waals surface area contributed by atoms with E-state index >= 15 is 0 Å². The largest absolute Gasteiger partial charge is 0.480 e. The molecule has 0 heterocycles. The number of rotatable bonds is 5. The first kappa shape index (κ1) is 20.4. The third kappa shape index (κ3) is 5.13. The van der Waals surface area contributed by atoms with Crippen LogP contribution in [-0.2, 0) is 4.79 Å². The molecule has 0 radical (unpaired) electrons. The molecule has 5 heteroatoms. The second kappa shape index (κ2) is 8.35. The number of carbonyl (C=O) groups is 2. The fraction of sp³-hybridized carbons (Fsp3) is 0.250. The lowest BCUT2D eigenvalue weighted by Gasteiger charge is -2.22. The van der Waals surface area contributed by atoms with E-state index in [9.17, 15) is 9.59 Å². The van der Waals surface area contributed by atoms with Gasteiger partial charge in [-0.2, -0.15) is 0 Å². The van der Waals surface area contributed by atoms with Gasteiger partial charge < -0.3 is 15.4 Å². The average Bonchev–Trinajstić information content (AvgIpc) is 2.67. The zero-order valence-electron chi connectivity index (χ0n) is 17.2. The molecule has 0 unspecified atom stereocenters. The maximum absolute atomic E-state index is 12.7. The first-order valence-electron chi connectivity index (χ1n) is 9.61. The van der Waals surface area contributed by atoms with Gasteiger partial charge in [0.2, 0.25) is 0 Å². The summed E-state index contributed by atoms with van der Waals surface area (Å²) in [6.07, 6.45) is -0.737. The Labute approximate surface area is 171 Å². The van der Waals surface area contributed by atoms with E-state index in [0.29, 0.717) is 17.0 Å². The fourth-order valence-corrected chi connectivity index (χ4v) is 2.97. The lowest BCUT2D eigenvalue weighted by molar-refractivity contribution is -0.122. The van der Waals surface area contributed by atoms with Gasteiger partial charge in [-0.3, -0.25) is 9.59 Å². The molecule has 1 atom stereocenters. The van der Waals surface area contributed by atoms with E-state index in [0.717, 1.165) is 10.8 Å². The van der Waals surface area contributed by atoms with Gasteiger partial charge in [-0.15, -0.1) is 0 Å². The van der Waals surface area contributed by atoms with Gasteiger partial charge in [0, 0.05) is 10.9 Å².